The fourth-order valence-electron chi connectivity index (χ4n) is 1.81. The van der Waals surface area contributed by atoms with Gasteiger partial charge in [-0.15, -0.1) is 0 Å². The number of hydrogen-bond acceptors (Lipinski definition) is 3. The second-order valence-corrected chi connectivity index (χ2v) is 20.7. The first-order chi connectivity index (χ1) is 7.28. The van der Waals surface area contributed by atoms with Crippen molar-refractivity contribution in [1.29, 1.82) is 0 Å². The first-order valence-electron chi connectivity index (χ1n) is 5.75. The standard InChI is InChI=1S/C11H22O3Si2/c1-6-11(12)13-9-10-7-8-15(2,3)16(4,5)14-10/h6,10H,1,7-9H2,2-5H3. The summed E-state index contributed by atoms with van der Waals surface area (Å²) < 4.78 is 11.2. The Kier molecular flexibility index (Phi) is 4.14. The molecule has 1 unspecified atom stereocenters. The summed E-state index contributed by atoms with van der Waals surface area (Å²) in [7, 11) is -2.71. The lowest BCUT2D eigenvalue weighted by atomic mass is 10.3. The van der Waals surface area contributed by atoms with Gasteiger partial charge in [-0.2, -0.15) is 0 Å². The van der Waals surface area contributed by atoms with Crippen LogP contribution in [0.5, 0.6) is 0 Å². The average molecular weight is 258 g/mol. The van der Waals surface area contributed by atoms with Crippen LogP contribution in [0.3, 0.4) is 0 Å². The van der Waals surface area contributed by atoms with Crippen molar-refractivity contribution in [2.75, 3.05) is 6.61 Å². The van der Waals surface area contributed by atoms with Crippen LogP contribution in [-0.2, 0) is 14.0 Å². The fraction of sp³-hybridized carbons (Fsp3) is 0.727. The molecule has 5 heteroatoms. The third kappa shape index (κ3) is 3.05. The normalized spacial score (nSPS) is 27.1. The van der Waals surface area contributed by atoms with Gasteiger partial charge < -0.3 is 9.16 Å². The molecule has 1 aliphatic heterocycles. The summed E-state index contributed by atoms with van der Waals surface area (Å²) in [6.07, 6.45) is 2.33. The predicted octanol–water partition coefficient (Wildman–Crippen LogP) is 2.50. The molecule has 3 nitrogen and oxygen atoms in total. The number of esters is 1. The molecule has 0 bridgehead atoms. The number of hydrogen-bond donors (Lipinski definition) is 0. The van der Waals surface area contributed by atoms with Gasteiger partial charge in [-0.05, 0) is 19.5 Å². The average Bonchev–Trinajstić information content (AvgIpc) is 2.19. The van der Waals surface area contributed by atoms with Crippen molar-refractivity contribution in [2.45, 2.75) is 44.8 Å². The Labute approximate surface area is 99.8 Å². The summed E-state index contributed by atoms with van der Waals surface area (Å²) in [5, 5.41) is 0. The van der Waals surface area contributed by atoms with Gasteiger partial charge in [-0.25, -0.2) is 4.79 Å². The molecule has 0 saturated carbocycles. The maximum Gasteiger partial charge on any atom is 0.330 e. The number of carbonyl (C=O) groups is 1. The van der Waals surface area contributed by atoms with Crippen molar-refractivity contribution in [3.63, 3.8) is 0 Å². The zero-order valence-corrected chi connectivity index (χ0v) is 12.7. The maximum absolute atomic E-state index is 11.0. The highest BCUT2D eigenvalue weighted by atomic mass is 29.3. The first kappa shape index (κ1) is 13.7. The van der Waals surface area contributed by atoms with E-state index >= 15 is 0 Å². The molecule has 92 valence electrons. The van der Waals surface area contributed by atoms with Gasteiger partial charge in [0, 0.05) is 6.08 Å². The molecule has 1 atom stereocenters. The lowest BCUT2D eigenvalue weighted by Crippen LogP contribution is -2.62. The van der Waals surface area contributed by atoms with E-state index in [0.29, 0.717) is 6.61 Å². The Morgan fingerprint density at radius 2 is 2.12 bits per heavy atom. The Bertz CT molecular complexity index is 287. The van der Waals surface area contributed by atoms with Crippen molar-refractivity contribution in [3.8, 4) is 0 Å². The lowest BCUT2D eigenvalue weighted by Gasteiger charge is -2.45. The zero-order valence-electron chi connectivity index (χ0n) is 10.7. The molecule has 0 aromatic heterocycles. The van der Waals surface area contributed by atoms with E-state index in [4.69, 9.17) is 9.16 Å². The molecule has 1 heterocycles. The largest absolute Gasteiger partial charge is 0.460 e. The van der Waals surface area contributed by atoms with Gasteiger partial charge in [0.25, 0.3) is 0 Å². The van der Waals surface area contributed by atoms with E-state index in [-0.39, 0.29) is 12.1 Å². The van der Waals surface area contributed by atoms with Crippen LogP contribution in [0.2, 0.25) is 32.2 Å². The summed E-state index contributed by atoms with van der Waals surface area (Å²) >= 11 is 0. The molecule has 0 spiro atoms. The zero-order chi connectivity index (χ0) is 12.4. The Balaban J connectivity index is 2.50. The molecular formula is C11H22O3Si2. The molecule has 0 aromatic rings. The molecule has 1 fully saturated rings. The van der Waals surface area contributed by atoms with Crippen molar-refractivity contribution < 1.29 is 14.0 Å². The summed E-state index contributed by atoms with van der Waals surface area (Å²) in [5.41, 5.74) is 0. The lowest BCUT2D eigenvalue weighted by molar-refractivity contribution is -0.140. The van der Waals surface area contributed by atoms with Crippen LogP contribution in [0.15, 0.2) is 12.7 Å². The molecule has 1 aliphatic rings. The Morgan fingerprint density at radius 3 is 2.62 bits per heavy atom. The third-order valence-electron chi connectivity index (χ3n) is 3.76. The van der Waals surface area contributed by atoms with Gasteiger partial charge >= 0.3 is 5.97 Å². The molecule has 0 aliphatic carbocycles. The van der Waals surface area contributed by atoms with Crippen molar-refractivity contribution >= 4 is 21.4 Å². The van der Waals surface area contributed by atoms with Gasteiger partial charge in [-0.1, -0.05) is 25.7 Å². The number of ether oxygens (including phenoxy) is 1. The second-order valence-electron chi connectivity index (χ2n) is 5.51. The molecule has 16 heavy (non-hydrogen) atoms. The molecule has 0 aromatic carbocycles. The fourth-order valence-corrected chi connectivity index (χ4v) is 8.49. The Morgan fingerprint density at radius 1 is 1.50 bits per heavy atom. The van der Waals surface area contributed by atoms with Gasteiger partial charge in [0.05, 0.1) is 13.7 Å². The SMILES string of the molecule is C=CC(=O)OCC1CC[Si](C)(C)[Si](C)(C)O1. The van der Waals surface area contributed by atoms with Crippen LogP contribution < -0.4 is 0 Å². The highest BCUT2D eigenvalue weighted by molar-refractivity contribution is 7.38. The molecule has 0 amide bonds. The van der Waals surface area contributed by atoms with Crippen LogP contribution >= 0.6 is 0 Å². The summed E-state index contributed by atoms with van der Waals surface area (Å²) in [4.78, 5) is 11.0. The van der Waals surface area contributed by atoms with Crippen LogP contribution in [0.4, 0.5) is 0 Å². The quantitative estimate of drug-likeness (QED) is 0.443. The molecule has 1 saturated heterocycles. The number of carbonyl (C=O) groups excluding carboxylic acids is 1. The van der Waals surface area contributed by atoms with Crippen molar-refractivity contribution in [1.82, 2.24) is 0 Å². The molecule has 0 N–H and O–H groups in total. The summed E-state index contributed by atoms with van der Waals surface area (Å²) in [5.74, 6) is -0.356. The van der Waals surface area contributed by atoms with Crippen LogP contribution in [0.25, 0.3) is 0 Å². The van der Waals surface area contributed by atoms with E-state index in [2.05, 4.69) is 32.8 Å². The van der Waals surface area contributed by atoms with E-state index in [1.807, 2.05) is 0 Å². The summed E-state index contributed by atoms with van der Waals surface area (Å²) in [6, 6.07) is 1.28. The van der Waals surface area contributed by atoms with Crippen LogP contribution in [-0.4, -0.2) is 34.1 Å². The second kappa shape index (κ2) is 4.85. The summed E-state index contributed by atoms with van der Waals surface area (Å²) in [6.45, 7) is 13.2. The Hall–Kier alpha value is -0.396. The van der Waals surface area contributed by atoms with Crippen LogP contribution in [0.1, 0.15) is 6.42 Å². The van der Waals surface area contributed by atoms with Crippen molar-refractivity contribution in [3.05, 3.63) is 12.7 Å². The smallest absolute Gasteiger partial charge is 0.330 e. The van der Waals surface area contributed by atoms with E-state index in [1.165, 1.54) is 12.1 Å². The van der Waals surface area contributed by atoms with Gasteiger partial charge in [0.15, 0.2) is 7.83 Å². The van der Waals surface area contributed by atoms with E-state index in [1.54, 1.807) is 0 Å². The van der Waals surface area contributed by atoms with E-state index < -0.39 is 15.4 Å². The minimum absolute atomic E-state index is 0.103. The highest BCUT2D eigenvalue weighted by Gasteiger charge is 2.47. The highest BCUT2D eigenvalue weighted by Crippen LogP contribution is 2.33. The molecular weight excluding hydrogens is 236 g/mol. The molecule has 0 radical (unpaired) electrons. The third-order valence-corrected chi connectivity index (χ3v) is 20.4. The van der Waals surface area contributed by atoms with Crippen molar-refractivity contribution in [2.24, 2.45) is 0 Å². The maximum atomic E-state index is 11.0. The minimum Gasteiger partial charge on any atom is -0.460 e. The topological polar surface area (TPSA) is 35.5 Å². The van der Waals surface area contributed by atoms with Gasteiger partial charge in [0.2, 0.25) is 0 Å². The number of rotatable bonds is 3. The monoisotopic (exact) mass is 258 g/mol. The minimum atomic E-state index is -1.54. The predicted molar refractivity (Wildman–Crippen MR) is 70.4 cm³/mol. The van der Waals surface area contributed by atoms with Gasteiger partial charge in [-0.3, -0.25) is 0 Å². The van der Waals surface area contributed by atoms with Crippen LogP contribution in [0, 0.1) is 0 Å². The van der Waals surface area contributed by atoms with Gasteiger partial charge in [0.1, 0.15) is 6.61 Å². The molecule has 1 rings (SSSR count). The van der Waals surface area contributed by atoms with E-state index in [0.717, 1.165) is 6.42 Å². The van der Waals surface area contributed by atoms with E-state index in [9.17, 15) is 4.79 Å². The first-order valence-corrected chi connectivity index (χ1v) is 12.9.